The Morgan fingerprint density at radius 3 is 2.54 bits per heavy atom. The topological polar surface area (TPSA) is 59.2 Å². The van der Waals surface area contributed by atoms with E-state index in [1.165, 1.54) is 5.56 Å². The number of aryl methyl sites for hydroxylation is 2. The van der Waals surface area contributed by atoms with Gasteiger partial charge in [0.2, 0.25) is 5.89 Å². The Balaban J connectivity index is 1.41. The SMILES string of the molecule is O=C(c1ccccc1)N1CCCC[C@H]1c1nc(CCCc2ccccc2)no1. The van der Waals surface area contributed by atoms with E-state index in [0.717, 1.165) is 50.9 Å². The molecule has 0 spiro atoms. The summed E-state index contributed by atoms with van der Waals surface area (Å²) in [6, 6.07) is 19.7. The highest BCUT2D eigenvalue weighted by atomic mass is 16.5. The van der Waals surface area contributed by atoms with Crippen molar-refractivity contribution < 1.29 is 9.32 Å². The average Bonchev–Trinajstić information content (AvgIpc) is 3.23. The molecule has 2 aromatic carbocycles. The van der Waals surface area contributed by atoms with Crippen molar-refractivity contribution in [2.24, 2.45) is 0 Å². The van der Waals surface area contributed by atoms with Gasteiger partial charge in [-0.2, -0.15) is 4.98 Å². The standard InChI is InChI=1S/C23H25N3O2/c27-23(19-13-5-2-6-14-19)26-17-8-7-15-20(26)22-24-21(25-28-22)16-9-12-18-10-3-1-4-11-18/h1-6,10-11,13-14,20H,7-9,12,15-17H2/t20-/m0/s1. The van der Waals surface area contributed by atoms with Gasteiger partial charge in [0.25, 0.3) is 5.91 Å². The van der Waals surface area contributed by atoms with E-state index in [1.807, 2.05) is 41.3 Å². The fourth-order valence-electron chi connectivity index (χ4n) is 3.78. The van der Waals surface area contributed by atoms with E-state index in [2.05, 4.69) is 34.4 Å². The predicted octanol–water partition coefficient (Wildman–Crippen LogP) is 4.61. The molecule has 4 rings (SSSR count). The van der Waals surface area contributed by atoms with Crippen LogP contribution in [0, 0.1) is 0 Å². The van der Waals surface area contributed by atoms with Gasteiger partial charge < -0.3 is 9.42 Å². The number of carbonyl (C=O) groups excluding carboxylic acids is 1. The molecule has 3 aromatic rings. The maximum Gasteiger partial charge on any atom is 0.254 e. The molecule has 28 heavy (non-hydrogen) atoms. The van der Waals surface area contributed by atoms with Crippen molar-refractivity contribution in [1.29, 1.82) is 0 Å². The molecule has 1 amide bonds. The first kappa shape index (κ1) is 18.4. The van der Waals surface area contributed by atoms with Gasteiger partial charge >= 0.3 is 0 Å². The van der Waals surface area contributed by atoms with E-state index in [9.17, 15) is 4.79 Å². The number of amides is 1. The molecular formula is C23H25N3O2. The Labute approximate surface area is 165 Å². The lowest BCUT2D eigenvalue weighted by atomic mass is 10.0. The zero-order chi connectivity index (χ0) is 19.2. The normalized spacial score (nSPS) is 16.9. The number of hydrogen-bond acceptors (Lipinski definition) is 4. The highest BCUT2D eigenvalue weighted by molar-refractivity contribution is 5.94. The van der Waals surface area contributed by atoms with Crippen molar-refractivity contribution in [3.05, 3.63) is 83.5 Å². The summed E-state index contributed by atoms with van der Waals surface area (Å²) in [7, 11) is 0. The number of piperidine rings is 1. The highest BCUT2D eigenvalue weighted by Gasteiger charge is 2.32. The molecule has 0 radical (unpaired) electrons. The van der Waals surface area contributed by atoms with Gasteiger partial charge in [0.15, 0.2) is 5.82 Å². The molecule has 1 atom stereocenters. The van der Waals surface area contributed by atoms with Crippen molar-refractivity contribution in [3.63, 3.8) is 0 Å². The number of likely N-dealkylation sites (tertiary alicyclic amines) is 1. The summed E-state index contributed by atoms with van der Waals surface area (Å²) in [5.74, 6) is 1.33. The summed E-state index contributed by atoms with van der Waals surface area (Å²) in [4.78, 5) is 19.5. The molecule has 1 saturated heterocycles. The van der Waals surface area contributed by atoms with Gasteiger partial charge in [0.05, 0.1) is 0 Å². The average molecular weight is 375 g/mol. The second-order valence-corrected chi connectivity index (χ2v) is 7.26. The Bertz CT molecular complexity index is 892. The number of rotatable bonds is 6. The van der Waals surface area contributed by atoms with Crippen molar-refractivity contribution >= 4 is 5.91 Å². The molecule has 0 unspecified atom stereocenters. The number of aromatic nitrogens is 2. The van der Waals surface area contributed by atoms with Crippen LogP contribution in [0.25, 0.3) is 0 Å². The van der Waals surface area contributed by atoms with E-state index in [0.29, 0.717) is 11.5 Å². The molecule has 0 aliphatic carbocycles. The van der Waals surface area contributed by atoms with Crippen LogP contribution in [0.2, 0.25) is 0 Å². The zero-order valence-corrected chi connectivity index (χ0v) is 16.0. The van der Waals surface area contributed by atoms with Gasteiger partial charge in [-0.15, -0.1) is 0 Å². The number of benzene rings is 2. The minimum atomic E-state index is -0.128. The summed E-state index contributed by atoms with van der Waals surface area (Å²) in [6.45, 7) is 0.726. The van der Waals surface area contributed by atoms with Crippen molar-refractivity contribution in [2.75, 3.05) is 6.54 Å². The maximum absolute atomic E-state index is 13.0. The van der Waals surface area contributed by atoms with Crippen LogP contribution in [-0.4, -0.2) is 27.5 Å². The summed E-state index contributed by atoms with van der Waals surface area (Å²) in [6.07, 6.45) is 5.68. The largest absolute Gasteiger partial charge is 0.337 e. The molecule has 1 fully saturated rings. The molecule has 5 heteroatoms. The highest BCUT2D eigenvalue weighted by Crippen LogP contribution is 2.31. The van der Waals surface area contributed by atoms with Crippen LogP contribution < -0.4 is 0 Å². The zero-order valence-electron chi connectivity index (χ0n) is 16.0. The Morgan fingerprint density at radius 2 is 1.75 bits per heavy atom. The van der Waals surface area contributed by atoms with Crippen LogP contribution in [0.5, 0.6) is 0 Å². The molecule has 2 heterocycles. The van der Waals surface area contributed by atoms with E-state index in [-0.39, 0.29) is 11.9 Å². The van der Waals surface area contributed by atoms with Gasteiger partial charge in [0, 0.05) is 18.5 Å². The van der Waals surface area contributed by atoms with Gasteiger partial charge in [-0.1, -0.05) is 53.7 Å². The van der Waals surface area contributed by atoms with E-state index >= 15 is 0 Å². The van der Waals surface area contributed by atoms with Crippen molar-refractivity contribution in [2.45, 2.75) is 44.6 Å². The molecule has 0 bridgehead atoms. The second kappa shape index (κ2) is 8.83. The smallest absolute Gasteiger partial charge is 0.254 e. The Kier molecular flexibility index (Phi) is 5.80. The van der Waals surface area contributed by atoms with E-state index < -0.39 is 0 Å². The van der Waals surface area contributed by atoms with Crippen LogP contribution in [0.15, 0.2) is 65.2 Å². The second-order valence-electron chi connectivity index (χ2n) is 7.26. The molecule has 1 aromatic heterocycles. The van der Waals surface area contributed by atoms with Gasteiger partial charge in [-0.25, -0.2) is 0 Å². The van der Waals surface area contributed by atoms with E-state index in [4.69, 9.17) is 4.52 Å². The van der Waals surface area contributed by atoms with Gasteiger partial charge in [-0.05, 0) is 49.8 Å². The van der Waals surface area contributed by atoms with Crippen LogP contribution >= 0.6 is 0 Å². The molecule has 1 aliphatic rings. The molecular weight excluding hydrogens is 350 g/mol. The third kappa shape index (κ3) is 4.30. The number of nitrogens with zero attached hydrogens (tertiary/aromatic N) is 3. The minimum Gasteiger partial charge on any atom is -0.337 e. The Morgan fingerprint density at radius 1 is 1.00 bits per heavy atom. The number of hydrogen-bond donors (Lipinski definition) is 0. The van der Waals surface area contributed by atoms with E-state index in [1.54, 1.807) is 0 Å². The first-order valence-electron chi connectivity index (χ1n) is 10.0. The monoisotopic (exact) mass is 375 g/mol. The fraction of sp³-hybridized carbons (Fsp3) is 0.348. The van der Waals surface area contributed by atoms with Gasteiger partial charge in [0.1, 0.15) is 6.04 Å². The third-order valence-corrected chi connectivity index (χ3v) is 5.26. The lowest BCUT2D eigenvalue weighted by Crippen LogP contribution is -2.38. The molecule has 5 nitrogen and oxygen atoms in total. The lowest BCUT2D eigenvalue weighted by molar-refractivity contribution is 0.0561. The summed E-state index contributed by atoms with van der Waals surface area (Å²) < 4.78 is 5.57. The first-order chi connectivity index (χ1) is 13.8. The molecule has 0 N–H and O–H groups in total. The fourth-order valence-corrected chi connectivity index (χ4v) is 3.78. The number of carbonyl (C=O) groups is 1. The summed E-state index contributed by atoms with van der Waals surface area (Å²) in [5, 5.41) is 4.17. The predicted molar refractivity (Wildman–Crippen MR) is 107 cm³/mol. The summed E-state index contributed by atoms with van der Waals surface area (Å²) in [5.41, 5.74) is 2.02. The van der Waals surface area contributed by atoms with Crippen molar-refractivity contribution in [1.82, 2.24) is 15.0 Å². The van der Waals surface area contributed by atoms with Crippen LogP contribution in [0.4, 0.5) is 0 Å². The van der Waals surface area contributed by atoms with Crippen LogP contribution in [0.1, 0.15) is 59.4 Å². The van der Waals surface area contributed by atoms with Crippen molar-refractivity contribution in [3.8, 4) is 0 Å². The van der Waals surface area contributed by atoms with Crippen LogP contribution in [0.3, 0.4) is 0 Å². The molecule has 144 valence electrons. The minimum absolute atomic E-state index is 0.0362. The van der Waals surface area contributed by atoms with Gasteiger partial charge in [-0.3, -0.25) is 4.79 Å². The molecule has 0 saturated carbocycles. The quantitative estimate of drug-likeness (QED) is 0.631. The molecule has 1 aliphatic heterocycles. The van der Waals surface area contributed by atoms with Crippen LogP contribution in [-0.2, 0) is 12.8 Å². The first-order valence-corrected chi connectivity index (χ1v) is 10.0. The maximum atomic E-state index is 13.0. The Hall–Kier alpha value is -2.95. The summed E-state index contributed by atoms with van der Waals surface area (Å²) >= 11 is 0. The third-order valence-electron chi connectivity index (χ3n) is 5.26. The lowest BCUT2D eigenvalue weighted by Gasteiger charge is -2.33.